The fraction of sp³-hybridized carbons (Fsp3) is 0.217. The first-order chi connectivity index (χ1) is 15.6. The topological polar surface area (TPSA) is 81.5 Å². The molecule has 0 saturated carbocycles. The summed E-state index contributed by atoms with van der Waals surface area (Å²) in [6, 6.07) is 11.6. The van der Waals surface area contributed by atoms with Crippen molar-refractivity contribution < 1.29 is 14.3 Å². The van der Waals surface area contributed by atoms with Gasteiger partial charge in [-0.1, -0.05) is 24.3 Å². The third kappa shape index (κ3) is 3.85. The summed E-state index contributed by atoms with van der Waals surface area (Å²) in [5.74, 6) is -0.927. The quantitative estimate of drug-likeness (QED) is 0.420. The minimum Gasteiger partial charge on any atom is -0.454 e. The van der Waals surface area contributed by atoms with E-state index in [4.69, 9.17) is 4.74 Å². The van der Waals surface area contributed by atoms with Crippen molar-refractivity contribution in [3.63, 3.8) is 0 Å². The number of hydrogen-bond acceptors (Lipinski definition) is 7. The Bertz CT molecular complexity index is 1360. The van der Waals surface area contributed by atoms with E-state index in [-0.39, 0.29) is 24.6 Å². The van der Waals surface area contributed by atoms with Crippen LogP contribution in [0.4, 0.5) is 5.69 Å². The van der Waals surface area contributed by atoms with Crippen LogP contribution in [0.1, 0.15) is 12.0 Å². The average Bonchev–Trinajstić information content (AvgIpc) is 3.49. The molecule has 1 aliphatic rings. The van der Waals surface area contributed by atoms with Crippen LogP contribution in [0.25, 0.3) is 20.7 Å². The molecule has 162 valence electrons. The van der Waals surface area contributed by atoms with Crippen LogP contribution < -0.4 is 10.5 Å². The highest BCUT2D eigenvalue weighted by Crippen LogP contribution is 2.33. The highest BCUT2D eigenvalue weighted by atomic mass is 32.1. The van der Waals surface area contributed by atoms with E-state index >= 15 is 0 Å². The molecular formula is C23H19N3O4S2. The van der Waals surface area contributed by atoms with Gasteiger partial charge in [0.1, 0.15) is 11.4 Å². The Kier molecular flexibility index (Phi) is 5.59. The summed E-state index contributed by atoms with van der Waals surface area (Å²) in [6.45, 7) is -0.0705. The number of fused-ring (bicyclic) bond motifs is 2. The lowest BCUT2D eigenvalue weighted by atomic mass is 10.0. The number of hydrogen-bond donors (Lipinski definition) is 0. The number of carbonyl (C=O) groups excluding carboxylic acids is 2. The van der Waals surface area contributed by atoms with Gasteiger partial charge >= 0.3 is 5.97 Å². The maximum absolute atomic E-state index is 13.0. The number of anilines is 1. The van der Waals surface area contributed by atoms with Gasteiger partial charge in [0.2, 0.25) is 0 Å². The number of aryl methyl sites for hydroxylation is 1. The molecule has 3 aromatic heterocycles. The van der Waals surface area contributed by atoms with Crippen LogP contribution in [0, 0.1) is 0 Å². The summed E-state index contributed by atoms with van der Waals surface area (Å²) in [5, 5.41) is 4.35. The number of thiophene rings is 2. The van der Waals surface area contributed by atoms with Crippen LogP contribution >= 0.6 is 22.7 Å². The van der Waals surface area contributed by atoms with Gasteiger partial charge in [0.15, 0.2) is 6.61 Å². The van der Waals surface area contributed by atoms with E-state index in [1.54, 1.807) is 16.2 Å². The molecule has 5 rings (SSSR count). The molecule has 1 amide bonds. The van der Waals surface area contributed by atoms with Gasteiger partial charge in [0.05, 0.1) is 11.7 Å². The number of aromatic nitrogens is 2. The zero-order valence-corrected chi connectivity index (χ0v) is 18.7. The predicted octanol–water partition coefficient (Wildman–Crippen LogP) is 3.71. The van der Waals surface area contributed by atoms with Gasteiger partial charge in [0, 0.05) is 28.1 Å². The van der Waals surface area contributed by atoms with Gasteiger partial charge in [0.25, 0.3) is 11.5 Å². The zero-order valence-electron chi connectivity index (χ0n) is 17.0. The number of benzene rings is 1. The van der Waals surface area contributed by atoms with Crippen LogP contribution in [-0.2, 0) is 27.3 Å². The fourth-order valence-corrected chi connectivity index (χ4v) is 5.61. The number of rotatable bonds is 5. The van der Waals surface area contributed by atoms with E-state index in [1.165, 1.54) is 22.2 Å². The highest BCUT2D eigenvalue weighted by Gasteiger charge is 2.23. The lowest BCUT2D eigenvalue weighted by molar-refractivity contribution is -0.148. The zero-order chi connectivity index (χ0) is 22.1. The van der Waals surface area contributed by atoms with E-state index in [0.717, 1.165) is 34.5 Å². The third-order valence-electron chi connectivity index (χ3n) is 5.41. The highest BCUT2D eigenvalue weighted by molar-refractivity contribution is 7.18. The molecule has 1 aliphatic heterocycles. The van der Waals surface area contributed by atoms with Crippen molar-refractivity contribution in [3.8, 4) is 10.4 Å². The number of para-hydroxylation sites is 1. The molecule has 0 spiro atoms. The first kappa shape index (κ1) is 20.6. The number of ether oxygens (including phenoxy) is 1. The van der Waals surface area contributed by atoms with Crippen molar-refractivity contribution in [2.24, 2.45) is 0 Å². The van der Waals surface area contributed by atoms with E-state index in [0.29, 0.717) is 16.8 Å². The second-order valence-corrected chi connectivity index (χ2v) is 9.23. The maximum atomic E-state index is 13.0. The van der Waals surface area contributed by atoms with Crippen LogP contribution in [0.15, 0.2) is 58.3 Å². The first-order valence-electron chi connectivity index (χ1n) is 10.2. The number of nitrogens with zero attached hydrogens (tertiary/aromatic N) is 3. The standard InChI is InChI=1S/C23H19N3O4S2/c27-19(26-9-3-6-15-5-1-2-7-17(15)26)12-30-20(28)11-25-14-24-22-21(23(25)29)16(13-32-22)18-8-4-10-31-18/h1-2,4-5,7-8,10,13-14H,3,6,9,11-12H2. The molecule has 4 heterocycles. The molecule has 0 aliphatic carbocycles. The molecule has 0 fully saturated rings. The number of esters is 1. The summed E-state index contributed by atoms with van der Waals surface area (Å²) < 4.78 is 6.45. The summed E-state index contributed by atoms with van der Waals surface area (Å²) in [5.41, 5.74) is 2.50. The lowest BCUT2D eigenvalue weighted by Gasteiger charge is -2.29. The Morgan fingerprint density at radius 1 is 1.12 bits per heavy atom. The largest absolute Gasteiger partial charge is 0.454 e. The molecule has 0 unspecified atom stereocenters. The van der Waals surface area contributed by atoms with Gasteiger partial charge < -0.3 is 9.64 Å². The Morgan fingerprint density at radius 2 is 2.00 bits per heavy atom. The molecule has 7 nitrogen and oxygen atoms in total. The monoisotopic (exact) mass is 465 g/mol. The minimum atomic E-state index is -0.653. The molecule has 0 N–H and O–H groups in total. The SMILES string of the molecule is O=C(Cn1cnc2scc(-c3cccs3)c2c1=O)OCC(=O)N1CCCc2ccccc21. The fourth-order valence-electron chi connectivity index (χ4n) is 3.89. The molecule has 0 saturated heterocycles. The van der Waals surface area contributed by atoms with E-state index < -0.39 is 5.97 Å². The second-order valence-electron chi connectivity index (χ2n) is 7.42. The van der Waals surface area contributed by atoms with E-state index in [1.807, 2.05) is 47.2 Å². The van der Waals surface area contributed by atoms with Crippen LogP contribution in [-0.4, -0.2) is 34.6 Å². The van der Waals surface area contributed by atoms with Gasteiger partial charge in [-0.05, 0) is 35.9 Å². The first-order valence-corrected chi connectivity index (χ1v) is 11.9. The molecule has 0 atom stereocenters. The Balaban J connectivity index is 1.29. The van der Waals surface area contributed by atoms with Crippen LogP contribution in [0.2, 0.25) is 0 Å². The maximum Gasteiger partial charge on any atom is 0.326 e. The van der Waals surface area contributed by atoms with Gasteiger partial charge in [-0.2, -0.15) is 0 Å². The molecule has 9 heteroatoms. The summed E-state index contributed by atoms with van der Waals surface area (Å²) >= 11 is 2.94. The average molecular weight is 466 g/mol. The Hall–Kier alpha value is -3.30. The van der Waals surface area contributed by atoms with Gasteiger partial charge in [-0.3, -0.25) is 19.0 Å². The smallest absolute Gasteiger partial charge is 0.326 e. The molecule has 4 aromatic rings. The molecule has 0 bridgehead atoms. The Morgan fingerprint density at radius 3 is 2.84 bits per heavy atom. The summed E-state index contributed by atoms with van der Waals surface area (Å²) in [6.07, 6.45) is 3.14. The molecular weight excluding hydrogens is 446 g/mol. The third-order valence-corrected chi connectivity index (χ3v) is 7.20. The Labute approximate surface area is 191 Å². The van der Waals surface area contributed by atoms with Crippen LogP contribution in [0.3, 0.4) is 0 Å². The van der Waals surface area contributed by atoms with E-state index in [2.05, 4.69) is 4.98 Å². The van der Waals surface area contributed by atoms with Crippen molar-refractivity contribution in [2.45, 2.75) is 19.4 Å². The molecule has 32 heavy (non-hydrogen) atoms. The van der Waals surface area contributed by atoms with Crippen molar-refractivity contribution in [2.75, 3.05) is 18.1 Å². The lowest BCUT2D eigenvalue weighted by Crippen LogP contribution is -2.38. The number of carbonyl (C=O) groups is 2. The van der Waals surface area contributed by atoms with Crippen molar-refractivity contribution >= 4 is 50.5 Å². The predicted molar refractivity (Wildman–Crippen MR) is 125 cm³/mol. The van der Waals surface area contributed by atoms with Gasteiger partial charge in [-0.25, -0.2) is 4.98 Å². The van der Waals surface area contributed by atoms with Crippen molar-refractivity contribution in [1.29, 1.82) is 0 Å². The van der Waals surface area contributed by atoms with Crippen molar-refractivity contribution in [3.05, 3.63) is 69.4 Å². The number of amides is 1. The summed E-state index contributed by atoms with van der Waals surface area (Å²) in [7, 11) is 0. The normalized spacial score (nSPS) is 13.2. The summed E-state index contributed by atoms with van der Waals surface area (Å²) in [4.78, 5) is 45.7. The molecule has 0 radical (unpaired) electrons. The van der Waals surface area contributed by atoms with E-state index in [9.17, 15) is 14.4 Å². The second kappa shape index (κ2) is 8.68. The minimum absolute atomic E-state index is 0.274. The molecule has 1 aromatic carbocycles. The van der Waals surface area contributed by atoms with Crippen LogP contribution in [0.5, 0.6) is 0 Å². The van der Waals surface area contributed by atoms with Crippen molar-refractivity contribution in [1.82, 2.24) is 9.55 Å². The van der Waals surface area contributed by atoms with Gasteiger partial charge in [-0.15, -0.1) is 22.7 Å².